The lowest BCUT2D eigenvalue weighted by molar-refractivity contribution is 0.0322. The number of pyridine rings is 1. The van der Waals surface area contributed by atoms with Gasteiger partial charge >= 0.3 is 0 Å². The summed E-state index contributed by atoms with van der Waals surface area (Å²) in [6.07, 6.45) is 3.18. The fourth-order valence-electron chi connectivity index (χ4n) is 2.45. The first kappa shape index (κ1) is 16.4. The van der Waals surface area contributed by atoms with Crippen LogP contribution in [0.2, 0.25) is 0 Å². The zero-order chi connectivity index (χ0) is 16.6. The van der Waals surface area contributed by atoms with Crippen molar-refractivity contribution in [2.24, 2.45) is 0 Å². The van der Waals surface area contributed by atoms with E-state index in [1.807, 2.05) is 24.3 Å². The summed E-state index contributed by atoms with van der Waals surface area (Å²) in [5, 5.41) is 2.84. The fourth-order valence-corrected chi connectivity index (χ4v) is 2.45. The Morgan fingerprint density at radius 2 is 2.00 bits per heavy atom. The van der Waals surface area contributed by atoms with E-state index in [1.54, 1.807) is 24.5 Å². The molecule has 24 heavy (non-hydrogen) atoms. The number of nitrogens with zero attached hydrogens (tertiary/aromatic N) is 2. The molecule has 6 nitrogen and oxygen atoms in total. The van der Waals surface area contributed by atoms with Crippen molar-refractivity contribution in [2.45, 2.75) is 0 Å². The van der Waals surface area contributed by atoms with Gasteiger partial charge in [-0.3, -0.25) is 14.7 Å². The summed E-state index contributed by atoms with van der Waals surface area (Å²) in [7, 11) is 0. The van der Waals surface area contributed by atoms with Crippen molar-refractivity contribution in [3.05, 3.63) is 54.4 Å². The van der Waals surface area contributed by atoms with Gasteiger partial charge in [0.15, 0.2) is 0 Å². The van der Waals surface area contributed by atoms with Gasteiger partial charge in [0.2, 0.25) is 0 Å². The number of anilines is 1. The first-order valence-corrected chi connectivity index (χ1v) is 8.05. The van der Waals surface area contributed by atoms with Gasteiger partial charge in [0.1, 0.15) is 12.4 Å². The van der Waals surface area contributed by atoms with E-state index in [0.717, 1.165) is 44.3 Å². The molecule has 1 N–H and O–H groups in total. The molecule has 0 aliphatic carbocycles. The average molecular weight is 327 g/mol. The number of rotatable bonds is 6. The molecule has 1 aliphatic rings. The SMILES string of the molecule is O=C(Nc1ccc(OCCN2CCOCC2)cc1)c1cccnc1. The summed E-state index contributed by atoms with van der Waals surface area (Å²) >= 11 is 0. The predicted octanol–water partition coefficient (Wildman–Crippen LogP) is 2.04. The summed E-state index contributed by atoms with van der Waals surface area (Å²) in [4.78, 5) is 18.3. The van der Waals surface area contributed by atoms with Crippen LogP contribution in [0.25, 0.3) is 0 Å². The van der Waals surface area contributed by atoms with E-state index >= 15 is 0 Å². The summed E-state index contributed by atoms with van der Waals surface area (Å²) in [5.41, 5.74) is 1.26. The molecule has 126 valence electrons. The third-order valence-electron chi connectivity index (χ3n) is 3.82. The highest BCUT2D eigenvalue weighted by Crippen LogP contribution is 2.16. The molecule has 0 unspecified atom stereocenters. The lowest BCUT2D eigenvalue weighted by Crippen LogP contribution is -2.38. The van der Waals surface area contributed by atoms with Crippen LogP contribution in [0.4, 0.5) is 5.69 Å². The standard InChI is InChI=1S/C18H21N3O3/c22-18(15-2-1-7-19-14-15)20-16-3-5-17(6-4-16)24-13-10-21-8-11-23-12-9-21/h1-7,14H,8-13H2,(H,20,22). The van der Waals surface area contributed by atoms with Crippen LogP contribution in [0.3, 0.4) is 0 Å². The number of hydrogen-bond donors (Lipinski definition) is 1. The number of hydrogen-bond acceptors (Lipinski definition) is 5. The third kappa shape index (κ3) is 4.78. The quantitative estimate of drug-likeness (QED) is 0.880. The molecular weight excluding hydrogens is 306 g/mol. The number of ether oxygens (including phenoxy) is 2. The van der Waals surface area contributed by atoms with Gasteiger partial charge in [0.25, 0.3) is 5.91 Å². The molecule has 0 atom stereocenters. The molecule has 0 spiro atoms. The average Bonchev–Trinajstić information content (AvgIpc) is 2.65. The van der Waals surface area contributed by atoms with Crippen LogP contribution in [0.15, 0.2) is 48.8 Å². The number of carbonyl (C=O) groups excluding carboxylic acids is 1. The van der Waals surface area contributed by atoms with Crippen molar-refractivity contribution in [1.82, 2.24) is 9.88 Å². The monoisotopic (exact) mass is 327 g/mol. The Bertz CT molecular complexity index is 640. The number of carbonyl (C=O) groups is 1. The maximum atomic E-state index is 12.0. The molecule has 3 rings (SSSR count). The van der Waals surface area contributed by atoms with Crippen molar-refractivity contribution in [1.29, 1.82) is 0 Å². The topological polar surface area (TPSA) is 63.7 Å². The van der Waals surface area contributed by atoms with Crippen LogP contribution in [0.1, 0.15) is 10.4 Å². The molecule has 1 aromatic carbocycles. The minimum atomic E-state index is -0.177. The van der Waals surface area contributed by atoms with Crippen molar-refractivity contribution in [2.75, 3.05) is 44.8 Å². The number of aromatic nitrogens is 1. The molecular formula is C18H21N3O3. The van der Waals surface area contributed by atoms with Gasteiger partial charge in [-0.2, -0.15) is 0 Å². The van der Waals surface area contributed by atoms with Gasteiger partial charge < -0.3 is 14.8 Å². The maximum Gasteiger partial charge on any atom is 0.257 e. The molecule has 0 saturated carbocycles. The fraction of sp³-hybridized carbons (Fsp3) is 0.333. The highest BCUT2D eigenvalue weighted by atomic mass is 16.5. The molecule has 0 radical (unpaired) electrons. The largest absolute Gasteiger partial charge is 0.492 e. The Morgan fingerprint density at radius 3 is 2.71 bits per heavy atom. The first-order chi connectivity index (χ1) is 11.8. The van der Waals surface area contributed by atoms with Gasteiger partial charge in [0.05, 0.1) is 18.8 Å². The van der Waals surface area contributed by atoms with Crippen molar-refractivity contribution < 1.29 is 14.3 Å². The van der Waals surface area contributed by atoms with E-state index in [4.69, 9.17) is 9.47 Å². The van der Waals surface area contributed by atoms with Crippen LogP contribution in [0.5, 0.6) is 5.75 Å². The number of amides is 1. The molecule has 1 aromatic heterocycles. The second kappa shape index (κ2) is 8.42. The second-order valence-corrected chi connectivity index (χ2v) is 5.52. The number of nitrogens with one attached hydrogen (secondary N) is 1. The normalized spacial score (nSPS) is 15.0. The maximum absolute atomic E-state index is 12.0. The van der Waals surface area contributed by atoms with Crippen LogP contribution in [0, 0.1) is 0 Å². The van der Waals surface area contributed by atoms with Crippen molar-refractivity contribution in [3.63, 3.8) is 0 Å². The van der Waals surface area contributed by atoms with Crippen molar-refractivity contribution >= 4 is 11.6 Å². The minimum Gasteiger partial charge on any atom is -0.492 e. The lowest BCUT2D eigenvalue weighted by atomic mass is 10.2. The van der Waals surface area contributed by atoms with E-state index in [0.29, 0.717) is 12.2 Å². The van der Waals surface area contributed by atoms with E-state index < -0.39 is 0 Å². The van der Waals surface area contributed by atoms with Crippen molar-refractivity contribution in [3.8, 4) is 5.75 Å². The Morgan fingerprint density at radius 1 is 1.21 bits per heavy atom. The van der Waals surface area contributed by atoms with E-state index in [1.165, 1.54) is 0 Å². The zero-order valence-electron chi connectivity index (χ0n) is 13.5. The number of morpholine rings is 1. The van der Waals surface area contributed by atoms with Gasteiger partial charge in [0, 0.05) is 37.7 Å². The first-order valence-electron chi connectivity index (χ1n) is 8.05. The number of benzene rings is 1. The van der Waals surface area contributed by atoms with E-state index in [9.17, 15) is 4.79 Å². The highest BCUT2D eigenvalue weighted by molar-refractivity contribution is 6.04. The van der Waals surface area contributed by atoms with Gasteiger partial charge in [-0.05, 0) is 36.4 Å². The molecule has 1 saturated heterocycles. The van der Waals surface area contributed by atoms with E-state index in [2.05, 4.69) is 15.2 Å². The zero-order valence-corrected chi connectivity index (χ0v) is 13.5. The Kier molecular flexibility index (Phi) is 5.76. The third-order valence-corrected chi connectivity index (χ3v) is 3.82. The summed E-state index contributed by atoms with van der Waals surface area (Å²) in [6.45, 7) is 5.05. The Hall–Kier alpha value is -2.44. The highest BCUT2D eigenvalue weighted by Gasteiger charge is 2.10. The summed E-state index contributed by atoms with van der Waals surface area (Å²) in [5.74, 6) is 0.617. The Labute approximate surface area is 141 Å². The summed E-state index contributed by atoms with van der Waals surface area (Å²) in [6, 6.07) is 10.8. The lowest BCUT2D eigenvalue weighted by Gasteiger charge is -2.26. The van der Waals surface area contributed by atoms with Gasteiger partial charge in [-0.25, -0.2) is 0 Å². The molecule has 2 heterocycles. The summed E-state index contributed by atoms with van der Waals surface area (Å²) < 4.78 is 11.1. The molecule has 1 aliphatic heterocycles. The van der Waals surface area contributed by atoms with Gasteiger partial charge in [-0.15, -0.1) is 0 Å². The molecule has 2 aromatic rings. The van der Waals surface area contributed by atoms with Crippen LogP contribution in [-0.2, 0) is 4.74 Å². The van der Waals surface area contributed by atoms with Gasteiger partial charge in [-0.1, -0.05) is 0 Å². The molecule has 1 fully saturated rings. The molecule has 0 bridgehead atoms. The molecule has 6 heteroatoms. The second-order valence-electron chi connectivity index (χ2n) is 5.52. The minimum absolute atomic E-state index is 0.177. The molecule has 1 amide bonds. The van der Waals surface area contributed by atoms with Crippen LogP contribution in [-0.4, -0.2) is 55.2 Å². The Balaban J connectivity index is 1.45. The predicted molar refractivity (Wildman–Crippen MR) is 91.4 cm³/mol. The van der Waals surface area contributed by atoms with Crippen LogP contribution >= 0.6 is 0 Å². The van der Waals surface area contributed by atoms with Crippen LogP contribution < -0.4 is 10.1 Å². The van der Waals surface area contributed by atoms with E-state index in [-0.39, 0.29) is 5.91 Å². The smallest absolute Gasteiger partial charge is 0.257 e.